The number of anilines is 4. The first-order valence-corrected chi connectivity index (χ1v) is 16.9. The number of carbonyl (C=O) groups is 2. The first kappa shape index (κ1) is 36.8. The van der Waals surface area contributed by atoms with Gasteiger partial charge in [0.2, 0.25) is 5.95 Å². The highest BCUT2D eigenvalue weighted by atomic mass is 32.2. The van der Waals surface area contributed by atoms with Crippen molar-refractivity contribution in [1.82, 2.24) is 9.97 Å². The van der Waals surface area contributed by atoms with Crippen molar-refractivity contribution in [1.29, 1.82) is 0 Å². The van der Waals surface area contributed by atoms with Gasteiger partial charge in [0.05, 0.1) is 23.5 Å². The van der Waals surface area contributed by atoms with E-state index in [9.17, 15) is 35.8 Å². The van der Waals surface area contributed by atoms with Crippen molar-refractivity contribution in [2.45, 2.75) is 29.9 Å². The first-order valence-electron chi connectivity index (χ1n) is 13.5. The van der Waals surface area contributed by atoms with Gasteiger partial charge in [0.25, 0.3) is 0 Å². The number of hydrogen-bond acceptors (Lipinski definition) is 8. The quantitative estimate of drug-likeness (QED) is 0.0561. The molecule has 1 aromatic heterocycles. The predicted molar refractivity (Wildman–Crippen MR) is 175 cm³/mol. The maximum Gasteiger partial charge on any atom is 0.416 e. The van der Waals surface area contributed by atoms with Gasteiger partial charge < -0.3 is 20.7 Å². The highest BCUT2D eigenvalue weighted by molar-refractivity contribution is 7.99. The van der Waals surface area contributed by atoms with Crippen molar-refractivity contribution in [2.75, 3.05) is 35.1 Å². The Morgan fingerprint density at radius 3 is 2.28 bits per heavy atom. The van der Waals surface area contributed by atoms with Gasteiger partial charge in [0, 0.05) is 35.5 Å². The zero-order valence-corrected chi connectivity index (χ0v) is 27.1. The molecule has 0 aliphatic carbocycles. The van der Waals surface area contributed by atoms with Gasteiger partial charge in [-0.15, -0.1) is 11.8 Å². The SMILES string of the molecule is C=S(C)(=O)c1cccc(Nc2ncc(-c3ccc(NC(=O)Nc4cc(C(F)(F)F)ccc4F)c(F)c3)c(SC)n2)c1.CCOC(C)=O. The average molecular weight is 696 g/mol. The number of halogens is 5. The molecule has 4 rings (SSSR count). The Bertz CT molecular complexity index is 1870. The fourth-order valence-corrected chi connectivity index (χ4v) is 5.12. The van der Waals surface area contributed by atoms with Gasteiger partial charge >= 0.3 is 18.2 Å². The van der Waals surface area contributed by atoms with Crippen LogP contribution in [0.15, 0.2) is 76.8 Å². The number of nitrogens with one attached hydrogen (secondary N) is 3. The van der Waals surface area contributed by atoms with E-state index >= 15 is 0 Å². The Labute approximate surface area is 272 Å². The molecule has 0 spiro atoms. The van der Waals surface area contributed by atoms with E-state index in [2.05, 4.69) is 31.2 Å². The fraction of sp³-hybridized carbons (Fsp3) is 0.194. The number of esters is 1. The Hall–Kier alpha value is -4.70. The van der Waals surface area contributed by atoms with Gasteiger partial charge in [0.1, 0.15) is 16.7 Å². The molecule has 0 aliphatic heterocycles. The molecular weight excluding hydrogens is 665 g/mol. The van der Waals surface area contributed by atoms with Crippen molar-refractivity contribution in [3.63, 3.8) is 0 Å². The van der Waals surface area contributed by atoms with Gasteiger partial charge in [-0.05, 0) is 82.7 Å². The smallest absolute Gasteiger partial charge is 0.416 e. The van der Waals surface area contributed by atoms with Crippen LogP contribution < -0.4 is 16.0 Å². The monoisotopic (exact) mass is 695 g/mol. The number of benzene rings is 3. The Balaban J connectivity index is 0.000000913. The van der Waals surface area contributed by atoms with Gasteiger partial charge in [-0.3, -0.25) is 9.00 Å². The number of alkyl halides is 3. The van der Waals surface area contributed by atoms with Crippen LogP contribution in [0.2, 0.25) is 0 Å². The van der Waals surface area contributed by atoms with E-state index in [1.807, 2.05) is 5.32 Å². The number of aromatic nitrogens is 2. The number of rotatable bonds is 8. The lowest BCUT2D eigenvalue weighted by atomic mass is 10.1. The number of amides is 2. The van der Waals surface area contributed by atoms with E-state index in [-0.39, 0.29) is 17.6 Å². The van der Waals surface area contributed by atoms with Crippen LogP contribution in [0.3, 0.4) is 0 Å². The zero-order chi connectivity index (χ0) is 34.9. The minimum Gasteiger partial charge on any atom is -0.466 e. The highest BCUT2D eigenvalue weighted by Gasteiger charge is 2.31. The number of nitrogens with zero attached hydrogens (tertiary/aromatic N) is 2. The van der Waals surface area contributed by atoms with E-state index in [1.165, 1.54) is 43.3 Å². The Morgan fingerprint density at radius 2 is 1.70 bits per heavy atom. The van der Waals surface area contributed by atoms with Crippen molar-refractivity contribution in [2.24, 2.45) is 0 Å². The molecule has 1 unspecified atom stereocenters. The highest BCUT2D eigenvalue weighted by Crippen LogP contribution is 2.33. The molecule has 0 aliphatic rings. The number of hydrogen-bond donors (Lipinski definition) is 3. The molecule has 16 heteroatoms. The summed E-state index contributed by atoms with van der Waals surface area (Å²) in [5.41, 5.74) is -0.682. The summed E-state index contributed by atoms with van der Waals surface area (Å²) >= 11 is 1.28. The zero-order valence-electron chi connectivity index (χ0n) is 25.5. The van der Waals surface area contributed by atoms with Crippen LogP contribution >= 0.6 is 11.8 Å². The lowest BCUT2D eigenvalue weighted by molar-refractivity contribution is -0.140. The topological polar surface area (TPSA) is 122 Å². The normalized spacial score (nSPS) is 12.2. The molecule has 0 saturated carbocycles. The fourth-order valence-electron chi connectivity index (χ4n) is 3.81. The van der Waals surface area contributed by atoms with E-state index in [0.29, 0.717) is 51.5 Å². The molecule has 0 saturated heterocycles. The lowest BCUT2D eigenvalue weighted by Gasteiger charge is -2.13. The second-order valence-electron chi connectivity index (χ2n) is 9.67. The van der Waals surface area contributed by atoms with Crippen LogP contribution in [0.25, 0.3) is 11.1 Å². The molecule has 47 heavy (non-hydrogen) atoms. The number of ether oxygens (including phenoxy) is 1. The third-order valence-electron chi connectivity index (χ3n) is 5.95. The van der Waals surface area contributed by atoms with Crippen molar-refractivity contribution in [3.8, 4) is 11.1 Å². The molecule has 9 nitrogen and oxygen atoms in total. The van der Waals surface area contributed by atoms with Gasteiger partial charge in [-0.2, -0.15) is 13.2 Å². The number of urea groups is 1. The van der Waals surface area contributed by atoms with Crippen LogP contribution in [-0.4, -0.2) is 51.2 Å². The van der Waals surface area contributed by atoms with E-state index < -0.39 is 44.6 Å². The molecule has 4 aromatic rings. The molecule has 0 radical (unpaired) electrons. The predicted octanol–water partition coefficient (Wildman–Crippen LogP) is 7.82. The third kappa shape index (κ3) is 10.7. The Morgan fingerprint density at radius 1 is 1.00 bits per heavy atom. The molecule has 1 atom stereocenters. The number of carbonyl (C=O) groups excluding carboxylic acids is 2. The summed E-state index contributed by atoms with van der Waals surface area (Å²) in [6, 6.07) is 11.1. The summed E-state index contributed by atoms with van der Waals surface area (Å²) in [4.78, 5) is 31.4. The van der Waals surface area contributed by atoms with Crippen molar-refractivity contribution < 1.29 is 40.5 Å². The van der Waals surface area contributed by atoms with Gasteiger partial charge in [-0.1, -0.05) is 12.1 Å². The van der Waals surface area contributed by atoms with Crippen LogP contribution in [0.1, 0.15) is 19.4 Å². The maximum atomic E-state index is 14.9. The molecule has 3 aromatic carbocycles. The van der Waals surface area contributed by atoms with E-state index in [0.717, 1.165) is 6.07 Å². The van der Waals surface area contributed by atoms with Crippen molar-refractivity contribution in [3.05, 3.63) is 84.1 Å². The van der Waals surface area contributed by atoms with Gasteiger partial charge in [-0.25, -0.2) is 23.5 Å². The second-order valence-corrected chi connectivity index (χ2v) is 12.9. The van der Waals surface area contributed by atoms with Crippen LogP contribution in [0.5, 0.6) is 0 Å². The maximum absolute atomic E-state index is 14.9. The molecular formula is C31H30F5N5O4S2. The molecule has 0 fully saturated rings. The molecule has 0 bridgehead atoms. The standard InChI is InChI=1S/C27H22F5N5O2S2.C4H8O2/c1-40-24-19(14-33-25(37-24)34-17-5-4-6-18(13-17)41(2,3)39)15-7-10-22(21(29)11-15)35-26(38)36-23-12-16(27(30,31)32)8-9-20(23)28;1-3-6-4(2)5/h4-14H,2H2,1,3H3,(H,33,34,37)(H2,35,36,38);3H2,1-2H3. The van der Waals surface area contributed by atoms with Crippen LogP contribution in [0, 0.1) is 11.6 Å². The van der Waals surface area contributed by atoms with Crippen LogP contribution in [-0.2, 0) is 25.2 Å². The minimum atomic E-state index is -4.74. The largest absolute Gasteiger partial charge is 0.466 e. The Kier molecular flexibility index (Phi) is 12.3. The first-order chi connectivity index (χ1) is 22.0. The summed E-state index contributed by atoms with van der Waals surface area (Å²) in [7, 11) is -2.42. The molecule has 2 amide bonds. The summed E-state index contributed by atoms with van der Waals surface area (Å²) in [5.74, 6) is 1.77. The lowest BCUT2D eigenvalue weighted by Crippen LogP contribution is -2.21. The minimum absolute atomic E-state index is 0.211. The summed E-state index contributed by atoms with van der Waals surface area (Å²) in [6.07, 6.45) is 0.0511. The van der Waals surface area contributed by atoms with E-state index in [1.54, 1.807) is 37.4 Å². The third-order valence-corrected chi connectivity index (χ3v) is 7.90. The summed E-state index contributed by atoms with van der Waals surface area (Å²) in [5, 5.41) is 7.67. The molecule has 3 N–H and O–H groups in total. The average Bonchev–Trinajstić information content (AvgIpc) is 2.98. The molecule has 1 heterocycles. The summed E-state index contributed by atoms with van der Waals surface area (Å²) in [6.45, 7) is 3.65. The van der Waals surface area contributed by atoms with Gasteiger partial charge in [0.15, 0.2) is 0 Å². The molecule has 250 valence electrons. The summed E-state index contributed by atoms with van der Waals surface area (Å²) < 4.78 is 84.3. The number of thioether (sulfide) groups is 1. The van der Waals surface area contributed by atoms with E-state index in [4.69, 9.17) is 0 Å². The van der Waals surface area contributed by atoms with Crippen LogP contribution in [0.4, 0.5) is 49.8 Å². The second kappa shape index (κ2) is 15.7. The van der Waals surface area contributed by atoms with Crippen molar-refractivity contribution >= 4 is 62.2 Å².